The van der Waals surface area contributed by atoms with Crippen LogP contribution in [0.4, 0.5) is 5.69 Å². The van der Waals surface area contributed by atoms with Crippen LogP contribution in [0.5, 0.6) is 0 Å². The molecule has 0 aromatic heterocycles. The Bertz CT molecular complexity index is 490. The minimum absolute atomic E-state index is 0.142. The van der Waals surface area contributed by atoms with Crippen LogP contribution in [0.2, 0.25) is 0 Å². The molecule has 3 N–H and O–H groups in total. The van der Waals surface area contributed by atoms with Gasteiger partial charge in [-0.1, -0.05) is 6.07 Å². The maximum absolute atomic E-state index is 11.7. The monoisotopic (exact) mass is 264 g/mol. The van der Waals surface area contributed by atoms with E-state index >= 15 is 0 Å². The summed E-state index contributed by atoms with van der Waals surface area (Å²) in [6.07, 6.45) is 0. The second-order valence-corrected chi connectivity index (χ2v) is 5.49. The number of carboxylic acids is 1. The van der Waals surface area contributed by atoms with E-state index in [1.165, 1.54) is 6.07 Å². The van der Waals surface area contributed by atoms with Crippen LogP contribution in [-0.2, 0) is 4.79 Å². The van der Waals surface area contributed by atoms with Crippen molar-refractivity contribution in [3.63, 3.8) is 0 Å². The second-order valence-electron chi connectivity index (χ2n) is 5.49. The van der Waals surface area contributed by atoms with Crippen LogP contribution in [0, 0.1) is 6.92 Å². The number of nitrogens with one attached hydrogen (secondary N) is 2. The van der Waals surface area contributed by atoms with Gasteiger partial charge in [0.1, 0.15) is 0 Å². The molecule has 0 aliphatic rings. The van der Waals surface area contributed by atoms with Crippen LogP contribution < -0.4 is 10.6 Å². The van der Waals surface area contributed by atoms with Crippen molar-refractivity contribution >= 4 is 17.6 Å². The molecule has 0 aliphatic carbocycles. The molecule has 1 rings (SSSR count). The largest absolute Gasteiger partial charge is 0.478 e. The summed E-state index contributed by atoms with van der Waals surface area (Å²) in [6.45, 7) is 7.80. The van der Waals surface area contributed by atoms with Crippen LogP contribution in [0.15, 0.2) is 18.2 Å². The molecule has 0 fully saturated rings. The van der Waals surface area contributed by atoms with E-state index in [4.69, 9.17) is 5.11 Å². The average Bonchev–Trinajstić information content (AvgIpc) is 2.28. The molecular weight excluding hydrogens is 244 g/mol. The third-order valence-corrected chi connectivity index (χ3v) is 2.53. The third-order valence-electron chi connectivity index (χ3n) is 2.53. The van der Waals surface area contributed by atoms with Crippen molar-refractivity contribution < 1.29 is 14.7 Å². The van der Waals surface area contributed by atoms with Crippen LogP contribution in [0.1, 0.15) is 36.7 Å². The number of carbonyl (C=O) groups excluding carboxylic acids is 1. The zero-order chi connectivity index (χ0) is 14.6. The standard InChI is InChI=1S/C14H20N2O3/c1-9-5-6-10(7-11(9)13(18)19)16-12(17)8-15-14(2,3)4/h5-7,15H,8H2,1-4H3,(H,16,17)(H,18,19). The highest BCUT2D eigenvalue weighted by Gasteiger charge is 2.12. The fraction of sp³-hybridized carbons (Fsp3) is 0.429. The zero-order valence-corrected chi connectivity index (χ0v) is 11.7. The Kier molecular flexibility index (Phi) is 4.67. The fourth-order valence-electron chi connectivity index (χ4n) is 1.48. The Morgan fingerprint density at radius 1 is 1.26 bits per heavy atom. The summed E-state index contributed by atoms with van der Waals surface area (Å²) in [5.41, 5.74) is 1.21. The van der Waals surface area contributed by atoms with Crippen molar-refractivity contribution in [2.24, 2.45) is 0 Å². The highest BCUT2D eigenvalue weighted by molar-refractivity contribution is 5.95. The first-order chi connectivity index (χ1) is 8.69. The van der Waals surface area contributed by atoms with Gasteiger partial charge in [0.15, 0.2) is 0 Å². The summed E-state index contributed by atoms with van der Waals surface area (Å²) in [5, 5.41) is 14.7. The Labute approximate surface area is 113 Å². The van der Waals surface area contributed by atoms with Crippen molar-refractivity contribution in [3.05, 3.63) is 29.3 Å². The predicted molar refractivity (Wildman–Crippen MR) is 74.5 cm³/mol. The second kappa shape index (κ2) is 5.84. The molecule has 5 heteroatoms. The molecule has 0 heterocycles. The summed E-state index contributed by atoms with van der Waals surface area (Å²) in [7, 11) is 0. The minimum Gasteiger partial charge on any atom is -0.478 e. The zero-order valence-electron chi connectivity index (χ0n) is 11.7. The number of benzene rings is 1. The van der Waals surface area contributed by atoms with Crippen molar-refractivity contribution in [2.45, 2.75) is 33.2 Å². The highest BCUT2D eigenvalue weighted by atomic mass is 16.4. The van der Waals surface area contributed by atoms with E-state index in [-0.39, 0.29) is 23.6 Å². The fourth-order valence-corrected chi connectivity index (χ4v) is 1.48. The first-order valence-electron chi connectivity index (χ1n) is 6.08. The van der Waals surface area contributed by atoms with E-state index in [0.717, 1.165) is 0 Å². The summed E-state index contributed by atoms with van der Waals surface area (Å²) >= 11 is 0. The number of hydrogen-bond acceptors (Lipinski definition) is 3. The quantitative estimate of drug-likeness (QED) is 0.777. The third kappa shape index (κ3) is 5.09. The molecule has 0 saturated carbocycles. The maximum Gasteiger partial charge on any atom is 0.336 e. The molecule has 0 radical (unpaired) electrons. The minimum atomic E-state index is -0.999. The molecule has 1 aromatic rings. The molecule has 0 spiro atoms. The Morgan fingerprint density at radius 3 is 2.42 bits per heavy atom. The number of hydrogen-bond donors (Lipinski definition) is 3. The molecule has 0 atom stereocenters. The van der Waals surface area contributed by atoms with Crippen molar-refractivity contribution in [2.75, 3.05) is 11.9 Å². The first kappa shape index (κ1) is 15.2. The number of anilines is 1. The molecule has 0 unspecified atom stereocenters. The Morgan fingerprint density at radius 2 is 1.89 bits per heavy atom. The van der Waals surface area contributed by atoms with E-state index in [1.807, 2.05) is 20.8 Å². The number of rotatable bonds is 4. The molecule has 1 aromatic carbocycles. The summed E-state index contributed by atoms with van der Waals surface area (Å²) < 4.78 is 0. The summed E-state index contributed by atoms with van der Waals surface area (Å²) in [4.78, 5) is 22.7. The van der Waals surface area contributed by atoms with E-state index in [0.29, 0.717) is 11.3 Å². The van der Waals surface area contributed by atoms with Crippen molar-refractivity contribution in [1.82, 2.24) is 5.32 Å². The number of amides is 1. The molecule has 5 nitrogen and oxygen atoms in total. The van der Waals surface area contributed by atoms with Gasteiger partial charge in [-0.05, 0) is 45.4 Å². The van der Waals surface area contributed by atoms with Gasteiger partial charge in [0, 0.05) is 11.2 Å². The molecule has 0 bridgehead atoms. The van der Waals surface area contributed by atoms with E-state index < -0.39 is 5.97 Å². The predicted octanol–water partition coefficient (Wildman–Crippen LogP) is 2.02. The average molecular weight is 264 g/mol. The topological polar surface area (TPSA) is 78.4 Å². The number of carbonyl (C=O) groups is 2. The van der Waals surface area contributed by atoms with Crippen molar-refractivity contribution in [3.8, 4) is 0 Å². The summed E-state index contributed by atoms with van der Waals surface area (Å²) in [5.74, 6) is -1.20. The summed E-state index contributed by atoms with van der Waals surface area (Å²) in [6, 6.07) is 4.83. The lowest BCUT2D eigenvalue weighted by Crippen LogP contribution is -2.41. The molecule has 1 amide bonds. The molecule has 0 saturated heterocycles. The van der Waals surface area contributed by atoms with Gasteiger partial charge < -0.3 is 15.7 Å². The number of aromatic carboxylic acids is 1. The molecule has 104 valence electrons. The van der Waals surface area contributed by atoms with Gasteiger partial charge in [0.2, 0.25) is 5.91 Å². The van der Waals surface area contributed by atoms with Crippen LogP contribution in [0.3, 0.4) is 0 Å². The maximum atomic E-state index is 11.7. The van der Waals surface area contributed by atoms with Gasteiger partial charge in [0.05, 0.1) is 12.1 Å². The van der Waals surface area contributed by atoms with Gasteiger partial charge in [-0.3, -0.25) is 4.79 Å². The molecule has 0 aliphatic heterocycles. The SMILES string of the molecule is Cc1ccc(NC(=O)CNC(C)(C)C)cc1C(=O)O. The number of carboxylic acid groups (broad SMARTS) is 1. The van der Waals surface area contributed by atoms with E-state index in [1.54, 1.807) is 19.1 Å². The van der Waals surface area contributed by atoms with Gasteiger partial charge >= 0.3 is 5.97 Å². The Hall–Kier alpha value is -1.88. The van der Waals surface area contributed by atoms with E-state index in [2.05, 4.69) is 10.6 Å². The van der Waals surface area contributed by atoms with Gasteiger partial charge in [-0.15, -0.1) is 0 Å². The smallest absolute Gasteiger partial charge is 0.336 e. The van der Waals surface area contributed by atoms with Gasteiger partial charge in [-0.25, -0.2) is 4.79 Å². The van der Waals surface area contributed by atoms with Crippen LogP contribution in [-0.4, -0.2) is 29.1 Å². The molecule has 19 heavy (non-hydrogen) atoms. The highest BCUT2D eigenvalue weighted by Crippen LogP contribution is 2.15. The first-order valence-corrected chi connectivity index (χ1v) is 6.08. The van der Waals surface area contributed by atoms with Crippen LogP contribution in [0.25, 0.3) is 0 Å². The number of aryl methyl sites for hydroxylation is 1. The van der Waals surface area contributed by atoms with E-state index in [9.17, 15) is 9.59 Å². The lowest BCUT2D eigenvalue weighted by molar-refractivity contribution is -0.115. The normalized spacial score (nSPS) is 11.2. The lowest BCUT2D eigenvalue weighted by Gasteiger charge is -2.20. The molecular formula is C14H20N2O3. The van der Waals surface area contributed by atoms with Gasteiger partial charge in [-0.2, -0.15) is 0 Å². The van der Waals surface area contributed by atoms with Crippen LogP contribution >= 0.6 is 0 Å². The van der Waals surface area contributed by atoms with Crippen molar-refractivity contribution in [1.29, 1.82) is 0 Å². The Balaban J connectivity index is 2.70. The van der Waals surface area contributed by atoms with Gasteiger partial charge in [0.25, 0.3) is 0 Å². The lowest BCUT2D eigenvalue weighted by atomic mass is 10.1.